The average Bonchev–Trinajstić information content (AvgIpc) is 2.49. The van der Waals surface area contributed by atoms with Gasteiger partial charge >= 0.3 is 0 Å². The maximum atomic E-state index is 9.25. The third-order valence-electron chi connectivity index (χ3n) is 3.89. The Kier molecular flexibility index (Phi) is 3.32. The third-order valence-corrected chi connectivity index (χ3v) is 3.89. The lowest BCUT2D eigenvalue weighted by Crippen LogP contribution is -2.22. The Morgan fingerprint density at radius 2 is 1.68 bits per heavy atom. The summed E-state index contributed by atoms with van der Waals surface area (Å²) in [6, 6.07) is 18.9. The van der Waals surface area contributed by atoms with Gasteiger partial charge in [-0.1, -0.05) is 59.8 Å². The number of hydrogen-bond acceptors (Lipinski definition) is 2. The Morgan fingerprint density at radius 1 is 0.947 bits per heavy atom. The molecule has 0 spiro atoms. The fraction of sp³-hybridized carbons (Fsp3) is 0.235. The van der Waals surface area contributed by atoms with Crippen LogP contribution >= 0.6 is 0 Å². The van der Waals surface area contributed by atoms with Gasteiger partial charge < -0.3 is 5.21 Å². The monoisotopic (exact) mass is 251 g/mol. The minimum atomic E-state index is 0.206. The van der Waals surface area contributed by atoms with Crippen LogP contribution in [0, 0.1) is 0 Å². The van der Waals surface area contributed by atoms with Crippen molar-refractivity contribution in [2.75, 3.05) is 0 Å². The van der Waals surface area contributed by atoms with E-state index in [9.17, 15) is 5.21 Å². The molecule has 0 heterocycles. The van der Waals surface area contributed by atoms with E-state index in [1.807, 2.05) is 6.07 Å². The fourth-order valence-electron chi connectivity index (χ4n) is 2.92. The van der Waals surface area contributed by atoms with Crippen molar-refractivity contribution >= 4 is 5.71 Å². The smallest absolute Gasteiger partial charge is 0.0652 e. The van der Waals surface area contributed by atoms with Crippen LogP contribution in [-0.2, 0) is 12.8 Å². The Morgan fingerprint density at radius 3 is 2.47 bits per heavy atom. The highest BCUT2D eigenvalue weighted by atomic mass is 16.4. The number of benzene rings is 2. The van der Waals surface area contributed by atoms with Crippen LogP contribution < -0.4 is 0 Å². The molecule has 0 bridgehead atoms. The summed E-state index contributed by atoms with van der Waals surface area (Å²) in [5.41, 5.74) is 4.88. The van der Waals surface area contributed by atoms with E-state index < -0.39 is 0 Å². The highest BCUT2D eigenvalue weighted by Gasteiger charge is 2.26. The molecule has 0 aliphatic heterocycles. The number of nitrogens with zero attached hydrogens (tertiary/aromatic N) is 1. The maximum absolute atomic E-state index is 9.25. The standard InChI is InChI=1S/C17H17NO/c19-18-17-11-10-14-8-4-5-9-15(14)16(17)12-13-6-2-1-3-7-13/h1-9,16,19H,10-12H2/b18-17+. The fourth-order valence-corrected chi connectivity index (χ4v) is 2.92. The molecule has 2 nitrogen and oxygen atoms in total. The zero-order valence-electron chi connectivity index (χ0n) is 10.8. The van der Waals surface area contributed by atoms with E-state index in [4.69, 9.17) is 0 Å². The molecular weight excluding hydrogens is 234 g/mol. The van der Waals surface area contributed by atoms with E-state index in [-0.39, 0.29) is 5.92 Å². The zero-order valence-corrected chi connectivity index (χ0v) is 10.8. The molecule has 0 saturated carbocycles. The molecule has 2 aromatic carbocycles. The highest BCUT2D eigenvalue weighted by molar-refractivity contribution is 5.92. The number of rotatable bonds is 2. The molecule has 2 aromatic rings. The minimum Gasteiger partial charge on any atom is -0.411 e. The molecule has 1 aliphatic rings. The van der Waals surface area contributed by atoms with Crippen molar-refractivity contribution < 1.29 is 5.21 Å². The quantitative estimate of drug-likeness (QED) is 0.639. The van der Waals surface area contributed by atoms with Crippen LogP contribution in [0.5, 0.6) is 0 Å². The summed E-state index contributed by atoms with van der Waals surface area (Å²) in [6.45, 7) is 0. The van der Waals surface area contributed by atoms with Crippen LogP contribution in [0.25, 0.3) is 0 Å². The number of aryl methyl sites for hydroxylation is 1. The van der Waals surface area contributed by atoms with Crippen LogP contribution in [0.1, 0.15) is 29.0 Å². The van der Waals surface area contributed by atoms with Crippen LogP contribution in [0.3, 0.4) is 0 Å². The highest BCUT2D eigenvalue weighted by Crippen LogP contribution is 2.32. The third kappa shape index (κ3) is 2.39. The molecule has 1 aliphatic carbocycles. The Balaban J connectivity index is 1.97. The lowest BCUT2D eigenvalue weighted by Gasteiger charge is -2.26. The van der Waals surface area contributed by atoms with E-state index in [0.29, 0.717) is 0 Å². The summed E-state index contributed by atoms with van der Waals surface area (Å²) in [4.78, 5) is 0. The second-order valence-corrected chi connectivity index (χ2v) is 5.03. The molecule has 0 aromatic heterocycles. The van der Waals surface area contributed by atoms with Gasteiger partial charge in [-0.15, -0.1) is 0 Å². The molecule has 3 rings (SSSR count). The lowest BCUT2D eigenvalue weighted by molar-refractivity contribution is 0.314. The molecule has 1 unspecified atom stereocenters. The summed E-state index contributed by atoms with van der Waals surface area (Å²) < 4.78 is 0. The Hall–Kier alpha value is -2.09. The molecule has 19 heavy (non-hydrogen) atoms. The van der Waals surface area contributed by atoms with Crippen molar-refractivity contribution in [2.24, 2.45) is 5.16 Å². The van der Waals surface area contributed by atoms with Gasteiger partial charge in [-0.3, -0.25) is 0 Å². The number of fused-ring (bicyclic) bond motifs is 1. The summed E-state index contributed by atoms with van der Waals surface area (Å²) in [5, 5.41) is 12.8. The van der Waals surface area contributed by atoms with Crippen LogP contribution in [0.15, 0.2) is 59.8 Å². The van der Waals surface area contributed by atoms with E-state index in [1.54, 1.807) is 0 Å². The topological polar surface area (TPSA) is 32.6 Å². The van der Waals surface area contributed by atoms with E-state index in [1.165, 1.54) is 16.7 Å². The maximum Gasteiger partial charge on any atom is 0.0652 e. The molecule has 1 N–H and O–H groups in total. The molecule has 2 heteroatoms. The largest absolute Gasteiger partial charge is 0.411 e. The molecule has 1 atom stereocenters. The summed E-state index contributed by atoms with van der Waals surface area (Å²) in [7, 11) is 0. The lowest BCUT2D eigenvalue weighted by atomic mass is 9.78. The first-order valence-electron chi connectivity index (χ1n) is 6.71. The second kappa shape index (κ2) is 5.27. The predicted octanol–water partition coefficient (Wildman–Crippen LogP) is 3.79. The SMILES string of the molecule is O/N=C1\CCc2ccccc2C1Cc1ccccc1. The first kappa shape index (κ1) is 12.0. The van der Waals surface area contributed by atoms with Gasteiger partial charge in [0, 0.05) is 5.92 Å². The van der Waals surface area contributed by atoms with Gasteiger partial charge in [0.15, 0.2) is 0 Å². The van der Waals surface area contributed by atoms with Gasteiger partial charge in [-0.2, -0.15) is 0 Å². The van der Waals surface area contributed by atoms with Gasteiger partial charge in [0.25, 0.3) is 0 Å². The van der Waals surface area contributed by atoms with Crippen LogP contribution in [0.4, 0.5) is 0 Å². The molecule has 0 saturated heterocycles. The van der Waals surface area contributed by atoms with E-state index in [2.05, 4.69) is 53.7 Å². The molecule has 0 radical (unpaired) electrons. The van der Waals surface area contributed by atoms with Crippen LogP contribution in [0.2, 0.25) is 0 Å². The predicted molar refractivity (Wildman–Crippen MR) is 76.9 cm³/mol. The van der Waals surface area contributed by atoms with Crippen molar-refractivity contribution in [3.05, 3.63) is 71.3 Å². The molecule has 0 amide bonds. The normalized spacial score (nSPS) is 20.2. The average molecular weight is 251 g/mol. The number of hydrogen-bond donors (Lipinski definition) is 1. The number of oxime groups is 1. The second-order valence-electron chi connectivity index (χ2n) is 5.03. The van der Waals surface area contributed by atoms with Crippen molar-refractivity contribution in [3.8, 4) is 0 Å². The Labute approximate surface area is 113 Å². The summed E-state index contributed by atoms with van der Waals surface area (Å²) in [5.74, 6) is 0.206. The van der Waals surface area contributed by atoms with Crippen LogP contribution in [-0.4, -0.2) is 10.9 Å². The summed E-state index contributed by atoms with van der Waals surface area (Å²) in [6.07, 6.45) is 2.73. The van der Waals surface area contributed by atoms with Gasteiger partial charge in [0.1, 0.15) is 0 Å². The van der Waals surface area contributed by atoms with Gasteiger partial charge in [-0.25, -0.2) is 0 Å². The first-order chi connectivity index (χ1) is 9.38. The van der Waals surface area contributed by atoms with Crippen molar-refractivity contribution in [1.82, 2.24) is 0 Å². The zero-order chi connectivity index (χ0) is 13.1. The molecule has 96 valence electrons. The minimum absolute atomic E-state index is 0.206. The van der Waals surface area contributed by atoms with Crippen molar-refractivity contribution in [1.29, 1.82) is 0 Å². The van der Waals surface area contributed by atoms with Crippen molar-refractivity contribution in [2.45, 2.75) is 25.2 Å². The molecule has 0 fully saturated rings. The Bertz CT molecular complexity index is 589. The van der Waals surface area contributed by atoms with E-state index in [0.717, 1.165) is 25.0 Å². The first-order valence-corrected chi connectivity index (χ1v) is 6.71. The molecular formula is C17H17NO. The van der Waals surface area contributed by atoms with E-state index >= 15 is 0 Å². The van der Waals surface area contributed by atoms with Gasteiger partial charge in [0.05, 0.1) is 5.71 Å². The van der Waals surface area contributed by atoms with Gasteiger partial charge in [-0.05, 0) is 36.0 Å². The summed E-state index contributed by atoms with van der Waals surface area (Å²) >= 11 is 0. The van der Waals surface area contributed by atoms with Crippen molar-refractivity contribution in [3.63, 3.8) is 0 Å². The van der Waals surface area contributed by atoms with Gasteiger partial charge in [0.2, 0.25) is 0 Å².